The number of nitrogens with zero attached hydrogens (tertiary/aromatic N) is 4. The number of morpholine rings is 1. The molecule has 182 valence electrons. The number of non-ortho nitro benzene ring substituents is 1. The van der Waals surface area contributed by atoms with Gasteiger partial charge in [0, 0.05) is 55.3 Å². The largest absolute Gasteiger partial charge is 0.379 e. The normalized spacial score (nSPS) is 16.1. The van der Waals surface area contributed by atoms with Crippen molar-refractivity contribution in [3.05, 3.63) is 56.1 Å². The van der Waals surface area contributed by atoms with Gasteiger partial charge in [-0.2, -0.15) is 4.98 Å². The molecule has 4 rings (SSSR count). The highest BCUT2D eigenvalue weighted by Crippen LogP contribution is 2.28. The number of hydrogen-bond acceptors (Lipinski definition) is 8. The minimum absolute atomic E-state index is 0.0336. The number of hydrogen-bond donors (Lipinski definition) is 1. The summed E-state index contributed by atoms with van der Waals surface area (Å²) in [4.78, 5) is 42.3. The fourth-order valence-electron chi connectivity index (χ4n) is 4.37. The first-order valence-electron chi connectivity index (χ1n) is 11.6. The number of thioether (sulfide) groups is 1. The monoisotopic (exact) mass is 487 g/mol. The number of nitrogens with one attached hydrogen (secondary N) is 1. The Morgan fingerprint density at radius 3 is 2.62 bits per heavy atom. The van der Waals surface area contributed by atoms with Crippen LogP contribution in [0.4, 0.5) is 11.4 Å². The maximum atomic E-state index is 12.9. The van der Waals surface area contributed by atoms with E-state index in [1.165, 1.54) is 36.0 Å². The maximum absolute atomic E-state index is 12.9. The zero-order valence-electron chi connectivity index (χ0n) is 19.0. The third-order valence-electron chi connectivity index (χ3n) is 6.11. The van der Waals surface area contributed by atoms with Crippen LogP contribution in [0, 0.1) is 10.1 Å². The molecule has 0 bridgehead atoms. The topological polar surface area (TPSA) is 120 Å². The molecular formula is C23H29N5O5S. The number of benzene rings is 1. The summed E-state index contributed by atoms with van der Waals surface area (Å²) in [6.45, 7) is 4.98. The van der Waals surface area contributed by atoms with Gasteiger partial charge in [0.25, 0.3) is 5.69 Å². The van der Waals surface area contributed by atoms with Crippen molar-refractivity contribution in [2.45, 2.75) is 43.7 Å². The van der Waals surface area contributed by atoms with Crippen molar-refractivity contribution in [3.8, 4) is 0 Å². The van der Waals surface area contributed by atoms with E-state index >= 15 is 0 Å². The molecule has 1 amide bonds. The lowest BCUT2D eigenvalue weighted by molar-refractivity contribution is -0.384. The minimum Gasteiger partial charge on any atom is -0.379 e. The average molecular weight is 488 g/mol. The highest BCUT2D eigenvalue weighted by Gasteiger charge is 2.21. The Hall–Kier alpha value is -2.76. The molecule has 0 atom stereocenters. The van der Waals surface area contributed by atoms with Gasteiger partial charge in [-0.3, -0.25) is 24.4 Å². The average Bonchev–Trinajstić information content (AvgIpc) is 2.85. The van der Waals surface area contributed by atoms with Crippen molar-refractivity contribution in [2.75, 3.05) is 43.9 Å². The van der Waals surface area contributed by atoms with Crippen LogP contribution >= 0.6 is 11.8 Å². The first kappa shape index (κ1) is 24.4. The lowest BCUT2D eigenvalue weighted by Crippen LogP contribution is -2.38. The van der Waals surface area contributed by atoms with E-state index in [-0.39, 0.29) is 23.0 Å². The van der Waals surface area contributed by atoms with Gasteiger partial charge in [0.05, 0.1) is 23.9 Å². The van der Waals surface area contributed by atoms with Gasteiger partial charge in [0.15, 0.2) is 0 Å². The molecule has 0 spiro atoms. The second-order valence-corrected chi connectivity index (χ2v) is 9.40. The van der Waals surface area contributed by atoms with Crippen molar-refractivity contribution in [1.29, 1.82) is 0 Å². The van der Waals surface area contributed by atoms with E-state index in [0.29, 0.717) is 17.3 Å². The molecule has 2 heterocycles. The van der Waals surface area contributed by atoms with Crippen LogP contribution in [0.2, 0.25) is 0 Å². The van der Waals surface area contributed by atoms with Crippen molar-refractivity contribution < 1.29 is 14.5 Å². The lowest BCUT2D eigenvalue weighted by Gasteiger charge is -2.27. The van der Waals surface area contributed by atoms with Crippen LogP contribution in [0.15, 0.2) is 34.1 Å². The van der Waals surface area contributed by atoms with Crippen LogP contribution in [-0.4, -0.2) is 63.9 Å². The molecule has 2 aromatic rings. The number of nitro benzene ring substituents is 1. The minimum atomic E-state index is -0.485. The molecular weight excluding hydrogens is 458 g/mol. The lowest BCUT2D eigenvalue weighted by atomic mass is 9.97. The summed E-state index contributed by atoms with van der Waals surface area (Å²) in [6.07, 6.45) is 4.69. The maximum Gasteiger partial charge on any atom is 0.348 e. The Morgan fingerprint density at radius 1 is 1.15 bits per heavy atom. The molecule has 11 heteroatoms. The standard InChI is InChI=1S/C23H29N5O5S/c29-21(24-17-6-8-18(9-7-17)28(31)32)16-34-22-19-4-1-2-5-20(19)27(23(30)25-22)11-3-10-26-12-14-33-15-13-26/h6-9H,1-5,10-16H2,(H,24,29). The number of fused-ring (bicyclic) bond motifs is 1. The predicted molar refractivity (Wildman–Crippen MR) is 129 cm³/mol. The number of carbonyl (C=O) groups excluding carboxylic acids is 1. The molecule has 1 aliphatic heterocycles. The molecule has 1 saturated heterocycles. The number of ether oxygens (including phenoxy) is 1. The second-order valence-electron chi connectivity index (χ2n) is 8.43. The Balaban J connectivity index is 1.38. The number of anilines is 1. The van der Waals surface area contributed by atoms with Gasteiger partial charge in [-0.25, -0.2) is 4.79 Å². The summed E-state index contributed by atoms with van der Waals surface area (Å²) in [7, 11) is 0. The van der Waals surface area contributed by atoms with Crippen LogP contribution in [-0.2, 0) is 28.9 Å². The van der Waals surface area contributed by atoms with Crippen molar-refractivity contribution >= 4 is 29.0 Å². The molecule has 0 saturated carbocycles. The van der Waals surface area contributed by atoms with Gasteiger partial charge < -0.3 is 10.1 Å². The summed E-state index contributed by atoms with van der Waals surface area (Å²) in [5.74, 6) is -0.142. The molecule has 0 unspecified atom stereocenters. The summed E-state index contributed by atoms with van der Waals surface area (Å²) >= 11 is 1.27. The third-order valence-corrected chi connectivity index (χ3v) is 7.13. The van der Waals surface area contributed by atoms with E-state index in [2.05, 4.69) is 15.2 Å². The molecule has 1 aliphatic carbocycles. The molecule has 1 aromatic heterocycles. The molecule has 0 radical (unpaired) electrons. The molecule has 34 heavy (non-hydrogen) atoms. The summed E-state index contributed by atoms with van der Waals surface area (Å²) < 4.78 is 7.22. The Bertz CT molecular complexity index is 1080. The van der Waals surface area contributed by atoms with E-state index in [1.807, 2.05) is 4.57 Å². The molecule has 2 aliphatic rings. The van der Waals surface area contributed by atoms with E-state index in [9.17, 15) is 19.7 Å². The fraction of sp³-hybridized carbons (Fsp3) is 0.522. The highest BCUT2D eigenvalue weighted by molar-refractivity contribution is 8.00. The number of carbonyl (C=O) groups is 1. The molecule has 1 N–H and O–H groups in total. The van der Waals surface area contributed by atoms with Crippen LogP contribution in [0.25, 0.3) is 0 Å². The number of amides is 1. The number of aromatic nitrogens is 2. The van der Waals surface area contributed by atoms with E-state index < -0.39 is 4.92 Å². The Kier molecular flexibility index (Phi) is 8.30. The van der Waals surface area contributed by atoms with Crippen molar-refractivity contribution in [2.24, 2.45) is 0 Å². The van der Waals surface area contributed by atoms with E-state index in [0.717, 1.165) is 76.2 Å². The summed E-state index contributed by atoms with van der Waals surface area (Å²) in [6, 6.07) is 5.69. The summed E-state index contributed by atoms with van der Waals surface area (Å²) in [5, 5.41) is 14.1. The van der Waals surface area contributed by atoms with Gasteiger partial charge in [-0.05, 0) is 44.2 Å². The zero-order valence-corrected chi connectivity index (χ0v) is 19.8. The van der Waals surface area contributed by atoms with E-state index in [4.69, 9.17) is 4.74 Å². The van der Waals surface area contributed by atoms with Gasteiger partial charge in [-0.15, -0.1) is 0 Å². The van der Waals surface area contributed by atoms with Crippen molar-refractivity contribution in [1.82, 2.24) is 14.5 Å². The molecule has 10 nitrogen and oxygen atoms in total. The third kappa shape index (κ3) is 6.22. The first-order chi connectivity index (χ1) is 16.5. The predicted octanol–water partition coefficient (Wildman–Crippen LogP) is 2.48. The Morgan fingerprint density at radius 2 is 1.88 bits per heavy atom. The first-order valence-corrected chi connectivity index (χ1v) is 12.6. The molecule has 1 aromatic carbocycles. The highest BCUT2D eigenvalue weighted by atomic mass is 32.2. The van der Waals surface area contributed by atoms with Crippen LogP contribution < -0.4 is 11.0 Å². The van der Waals surface area contributed by atoms with Crippen LogP contribution in [0.3, 0.4) is 0 Å². The zero-order chi connectivity index (χ0) is 23.9. The van der Waals surface area contributed by atoms with Crippen LogP contribution in [0.5, 0.6) is 0 Å². The fourth-order valence-corrected chi connectivity index (χ4v) is 5.25. The SMILES string of the molecule is O=C(CSc1nc(=O)n(CCCN2CCOCC2)c2c1CCCC2)Nc1ccc([N+](=O)[O-])cc1. The molecule has 1 fully saturated rings. The van der Waals surface area contributed by atoms with Crippen molar-refractivity contribution in [3.63, 3.8) is 0 Å². The number of nitro groups is 1. The summed E-state index contributed by atoms with van der Waals surface area (Å²) in [5.41, 5.74) is 2.35. The smallest absolute Gasteiger partial charge is 0.348 e. The van der Waals surface area contributed by atoms with Gasteiger partial charge in [-0.1, -0.05) is 11.8 Å². The quantitative estimate of drug-likeness (QED) is 0.248. The van der Waals surface area contributed by atoms with Gasteiger partial charge >= 0.3 is 5.69 Å². The van der Waals surface area contributed by atoms with Gasteiger partial charge in [0.1, 0.15) is 5.03 Å². The number of rotatable bonds is 9. The Labute approximate surface area is 201 Å². The second kappa shape index (κ2) is 11.6. The van der Waals surface area contributed by atoms with Gasteiger partial charge in [0.2, 0.25) is 5.91 Å². The van der Waals surface area contributed by atoms with Crippen LogP contribution in [0.1, 0.15) is 30.5 Å². The van der Waals surface area contributed by atoms with E-state index in [1.54, 1.807) is 0 Å².